The molecule has 2 aliphatic rings. The zero-order chi connectivity index (χ0) is 42.3. The maximum atomic E-state index is 6.78. The number of benzene rings is 7. The third-order valence-corrected chi connectivity index (χ3v) is 12.9. The highest BCUT2D eigenvalue weighted by atomic mass is 15.2. The van der Waals surface area contributed by atoms with E-state index in [2.05, 4.69) is 227 Å². The van der Waals surface area contributed by atoms with Crippen LogP contribution in [0.1, 0.15) is 36.6 Å². The van der Waals surface area contributed by atoms with Gasteiger partial charge in [0, 0.05) is 51.0 Å². The Bertz CT molecular complexity index is 3340. The second-order valence-electron chi connectivity index (χ2n) is 16.9. The lowest BCUT2D eigenvalue weighted by Crippen LogP contribution is -2.29. The van der Waals surface area contributed by atoms with Gasteiger partial charge in [0.05, 0.1) is 22.1 Å². The van der Waals surface area contributed by atoms with Crippen molar-refractivity contribution in [3.63, 3.8) is 0 Å². The van der Waals surface area contributed by atoms with Gasteiger partial charge in [-0.25, -0.2) is 4.99 Å². The van der Waals surface area contributed by atoms with E-state index in [9.17, 15) is 0 Å². The first-order chi connectivity index (χ1) is 31.1. The number of hydrogen-bond donors (Lipinski definition) is 1. The predicted molar refractivity (Wildman–Crippen MR) is 266 cm³/mol. The third-order valence-electron chi connectivity index (χ3n) is 12.9. The summed E-state index contributed by atoms with van der Waals surface area (Å²) in [5.74, 6) is 0.741. The summed E-state index contributed by atoms with van der Waals surface area (Å²) in [7, 11) is 2.14. The minimum absolute atomic E-state index is 0.0865. The Morgan fingerprint density at radius 1 is 0.635 bits per heavy atom. The lowest BCUT2D eigenvalue weighted by atomic mass is 9.98. The fourth-order valence-corrected chi connectivity index (χ4v) is 9.87. The van der Waals surface area contributed by atoms with Crippen LogP contribution in [0.3, 0.4) is 0 Å². The number of nitrogens with zero attached hydrogens (tertiary/aromatic N) is 4. The first-order valence-electron chi connectivity index (χ1n) is 22.1. The van der Waals surface area contributed by atoms with Crippen LogP contribution in [0.5, 0.6) is 0 Å². The molecule has 2 heterocycles. The highest BCUT2D eigenvalue weighted by molar-refractivity contribution is 6.15. The molecule has 306 valence electrons. The molecule has 2 N–H and O–H groups in total. The molecule has 0 aliphatic heterocycles. The molecular formula is C58H49N5. The van der Waals surface area contributed by atoms with Crippen LogP contribution in [-0.4, -0.2) is 26.9 Å². The summed E-state index contributed by atoms with van der Waals surface area (Å²) in [5, 5.41) is 5.00. The molecule has 2 aliphatic carbocycles. The molecule has 63 heavy (non-hydrogen) atoms. The number of fused-ring (bicyclic) bond motifs is 6. The Balaban J connectivity index is 1.00. The monoisotopic (exact) mass is 815 g/mol. The smallest absolute Gasteiger partial charge is 0.130 e. The van der Waals surface area contributed by atoms with E-state index in [1.54, 1.807) is 0 Å². The van der Waals surface area contributed by atoms with Crippen molar-refractivity contribution in [2.45, 2.75) is 32.0 Å². The maximum Gasteiger partial charge on any atom is 0.130 e. The highest BCUT2D eigenvalue weighted by Crippen LogP contribution is 2.41. The molecule has 0 bridgehead atoms. The molecule has 2 aromatic heterocycles. The summed E-state index contributed by atoms with van der Waals surface area (Å²) in [4.78, 5) is 7.53. The molecule has 11 rings (SSSR count). The number of allylic oxidation sites excluding steroid dienone is 7. The Hall–Kier alpha value is -7.47. The van der Waals surface area contributed by atoms with Crippen LogP contribution in [-0.2, 0) is 6.54 Å². The molecular weight excluding hydrogens is 767 g/mol. The van der Waals surface area contributed by atoms with E-state index in [1.807, 2.05) is 0 Å². The van der Waals surface area contributed by atoms with Crippen molar-refractivity contribution in [2.24, 2.45) is 16.6 Å². The summed E-state index contributed by atoms with van der Waals surface area (Å²) in [6.45, 7) is 0.744. The largest absolute Gasteiger partial charge is 0.387 e. The quantitative estimate of drug-likeness (QED) is 0.110. The molecule has 2 atom stereocenters. The van der Waals surface area contributed by atoms with Gasteiger partial charge in [-0.1, -0.05) is 158 Å². The van der Waals surface area contributed by atoms with E-state index in [0.29, 0.717) is 5.84 Å². The average Bonchev–Trinajstić information content (AvgIpc) is 3.87. The minimum atomic E-state index is -0.259. The van der Waals surface area contributed by atoms with Crippen LogP contribution in [0.25, 0.3) is 77.2 Å². The molecule has 0 radical (unpaired) electrons. The zero-order valence-electron chi connectivity index (χ0n) is 35.5. The number of nitrogens with two attached hydrogens (primary N) is 1. The Kier molecular flexibility index (Phi) is 10.0. The molecule has 0 amide bonds. The molecule has 0 spiro atoms. The molecule has 5 heteroatoms. The van der Waals surface area contributed by atoms with Crippen molar-refractivity contribution in [1.82, 2.24) is 14.0 Å². The van der Waals surface area contributed by atoms with Crippen molar-refractivity contribution in [2.75, 3.05) is 7.05 Å². The minimum Gasteiger partial charge on any atom is -0.387 e. The number of rotatable bonds is 10. The first kappa shape index (κ1) is 38.5. The zero-order valence-corrected chi connectivity index (χ0v) is 35.5. The molecule has 7 aromatic carbocycles. The summed E-state index contributed by atoms with van der Waals surface area (Å²) >= 11 is 0. The highest BCUT2D eigenvalue weighted by Gasteiger charge is 2.22. The number of amidine groups is 1. The number of hydrogen-bond acceptors (Lipinski definition) is 2. The van der Waals surface area contributed by atoms with Gasteiger partial charge < -0.3 is 14.9 Å². The second-order valence-corrected chi connectivity index (χ2v) is 16.9. The molecule has 9 aromatic rings. The van der Waals surface area contributed by atoms with Crippen LogP contribution in [0, 0.1) is 5.92 Å². The normalized spacial score (nSPS) is 15.9. The van der Waals surface area contributed by atoms with Gasteiger partial charge in [0.1, 0.15) is 12.0 Å². The van der Waals surface area contributed by atoms with E-state index in [4.69, 9.17) is 10.7 Å². The molecule has 0 saturated heterocycles. The fraction of sp³-hybridized carbons (Fsp3) is 0.121. The summed E-state index contributed by atoms with van der Waals surface area (Å²) < 4.78 is 4.93. The summed E-state index contributed by atoms with van der Waals surface area (Å²) in [5.41, 5.74) is 21.2. The Morgan fingerprint density at radius 3 is 2.16 bits per heavy atom. The lowest BCUT2D eigenvalue weighted by Gasteiger charge is -2.27. The molecule has 5 nitrogen and oxygen atoms in total. The molecule has 0 fully saturated rings. The van der Waals surface area contributed by atoms with Crippen molar-refractivity contribution < 1.29 is 0 Å². The maximum absolute atomic E-state index is 6.78. The van der Waals surface area contributed by atoms with Gasteiger partial charge in [0.15, 0.2) is 0 Å². The van der Waals surface area contributed by atoms with Gasteiger partial charge in [0.25, 0.3) is 0 Å². The van der Waals surface area contributed by atoms with E-state index in [-0.39, 0.29) is 12.1 Å². The fourth-order valence-electron chi connectivity index (χ4n) is 9.87. The van der Waals surface area contributed by atoms with Crippen molar-refractivity contribution in [3.05, 3.63) is 217 Å². The standard InChI is InChI=1S/C58H49N5/c1-61(39-40-18-5-2-6-19-40)58(60-57(59)41-20-7-3-8-21-41)45-24-15-22-42(36-45)43-34-35-55-52(38-43)50-29-12-13-32-53(50)62(55)47-27-16-23-44(37-47)48-30-17-31-51-49-28-11-14-33-54(49)63(56(48)51)46-25-9-4-10-26-46/h2-9,11-20,22-25,27-38,41,58H,10,21,26,39H2,1H3,(H2,59,60). The van der Waals surface area contributed by atoms with Crippen LogP contribution < -0.4 is 5.73 Å². The van der Waals surface area contributed by atoms with Crippen LogP contribution in [0.4, 0.5) is 0 Å². The number of aliphatic imine (C=N–C) groups is 1. The second kappa shape index (κ2) is 16.4. The Morgan fingerprint density at radius 2 is 1.35 bits per heavy atom. The molecule has 2 unspecified atom stereocenters. The van der Waals surface area contributed by atoms with Crippen molar-refractivity contribution in [3.8, 4) is 27.9 Å². The third kappa shape index (κ3) is 7.10. The van der Waals surface area contributed by atoms with Gasteiger partial charge in [-0.15, -0.1) is 0 Å². The predicted octanol–water partition coefficient (Wildman–Crippen LogP) is 14.0. The van der Waals surface area contributed by atoms with E-state index in [0.717, 1.165) is 48.2 Å². The molecule has 0 saturated carbocycles. The van der Waals surface area contributed by atoms with Crippen LogP contribution in [0.15, 0.2) is 211 Å². The van der Waals surface area contributed by atoms with E-state index >= 15 is 0 Å². The Labute approximate surface area is 368 Å². The van der Waals surface area contributed by atoms with Crippen molar-refractivity contribution in [1.29, 1.82) is 0 Å². The average molecular weight is 816 g/mol. The van der Waals surface area contributed by atoms with Gasteiger partial charge in [0.2, 0.25) is 0 Å². The number of aromatic nitrogens is 2. The van der Waals surface area contributed by atoms with Gasteiger partial charge in [-0.2, -0.15) is 0 Å². The van der Waals surface area contributed by atoms with Gasteiger partial charge >= 0.3 is 0 Å². The lowest BCUT2D eigenvalue weighted by molar-refractivity contribution is 0.243. The van der Waals surface area contributed by atoms with E-state index < -0.39 is 0 Å². The summed E-state index contributed by atoms with van der Waals surface area (Å²) in [6.07, 6.45) is 17.9. The number of para-hydroxylation sites is 3. The first-order valence-corrected chi connectivity index (χ1v) is 22.1. The van der Waals surface area contributed by atoms with Crippen LogP contribution >= 0.6 is 0 Å². The van der Waals surface area contributed by atoms with Crippen LogP contribution in [0.2, 0.25) is 0 Å². The van der Waals surface area contributed by atoms with Gasteiger partial charge in [-0.3, -0.25) is 4.90 Å². The van der Waals surface area contributed by atoms with Crippen molar-refractivity contribution >= 4 is 55.1 Å². The van der Waals surface area contributed by atoms with E-state index in [1.165, 1.54) is 66.0 Å². The van der Waals surface area contributed by atoms with Gasteiger partial charge in [-0.05, 0) is 103 Å². The topological polar surface area (TPSA) is 51.5 Å². The SMILES string of the molecule is CN(Cc1ccccc1)C(N=C(N)C1C=CC=CC1)c1cccc(-c2ccc3c(c2)c2ccccc2n3-c2cccc(-c3cccc4c5ccccc5n(C5=CC=CCC5)c34)c2)c1. The summed E-state index contributed by atoms with van der Waals surface area (Å²) in [6, 6.07) is 59.9.